The molecule has 0 aliphatic heterocycles. The van der Waals surface area contributed by atoms with Gasteiger partial charge in [0, 0.05) is 22.5 Å². The van der Waals surface area contributed by atoms with Gasteiger partial charge in [-0.3, -0.25) is 0 Å². The number of hydrogen-bond donors (Lipinski definition) is 0. The van der Waals surface area contributed by atoms with Crippen LogP contribution in [0.3, 0.4) is 0 Å². The number of thioether (sulfide) groups is 1. The molecule has 0 unspecified atom stereocenters. The summed E-state index contributed by atoms with van der Waals surface area (Å²) >= 11 is 7.51. The lowest BCUT2D eigenvalue weighted by atomic mass is 10.2. The SMILES string of the molecule is CSc1ccc(S(=O)(=O)N(C)Cc2nc(-c3cccc(Cl)c3)no2)cc1. The molecule has 1 aromatic heterocycles. The first kappa shape index (κ1) is 18.9. The van der Waals surface area contributed by atoms with Gasteiger partial charge in [0.1, 0.15) is 0 Å². The lowest BCUT2D eigenvalue weighted by Gasteiger charge is -2.15. The Kier molecular flexibility index (Phi) is 5.67. The van der Waals surface area contributed by atoms with E-state index in [9.17, 15) is 8.42 Å². The molecule has 0 N–H and O–H groups in total. The Morgan fingerprint density at radius 1 is 1.19 bits per heavy atom. The van der Waals surface area contributed by atoms with Crippen LogP contribution in [-0.2, 0) is 16.6 Å². The van der Waals surface area contributed by atoms with Crippen LogP contribution in [0.1, 0.15) is 5.89 Å². The van der Waals surface area contributed by atoms with Crippen LogP contribution >= 0.6 is 23.4 Å². The molecule has 0 saturated heterocycles. The Bertz CT molecular complexity index is 1000. The largest absolute Gasteiger partial charge is 0.338 e. The molecule has 6 nitrogen and oxygen atoms in total. The summed E-state index contributed by atoms with van der Waals surface area (Å²) in [6, 6.07) is 13.8. The molecule has 0 atom stereocenters. The summed E-state index contributed by atoms with van der Waals surface area (Å²) in [7, 11) is -2.18. The number of rotatable bonds is 6. The van der Waals surface area contributed by atoms with Gasteiger partial charge in [-0.05, 0) is 42.7 Å². The van der Waals surface area contributed by atoms with Crippen molar-refractivity contribution in [2.24, 2.45) is 0 Å². The van der Waals surface area contributed by atoms with E-state index >= 15 is 0 Å². The standard InChI is InChI=1S/C17H16ClN3O3S2/c1-21(26(22,23)15-8-6-14(25-2)7-9-15)11-16-19-17(20-24-16)12-4-3-5-13(18)10-12/h3-10H,11H2,1-2H3. The first-order valence-electron chi connectivity index (χ1n) is 7.59. The highest BCUT2D eigenvalue weighted by molar-refractivity contribution is 7.98. The van der Waals surface area contributed by atoms with Gasteiger partial charge in [0.2, 0.25) is 21.7 Å². The minimum absolute atomic E-state index is 0.0276. The van der Waals surface area contributed by atoms with Gasteiger partial charge in [-0.25, -0.2) is 8.42 Å². The minimum Gasteiger partial charge on any atom is -0.338 e. The van der Waals surface area contributed by atoms with E-state index in [-0.39, 0.29) is 17.3 Å². The highest BCUT2D eigenvalue weighted by Gasteiger charge is 2.23. The molecule has 0 aliphatic carbocycles. The number of halogens is 1. The lowest BCUT2D eigenvalue weighted by Crippen LogP contribution is -2.26. The van der Waals surface area contributed by atoms with Gasteiger partial charge in [0.25, 0.3) is 0 Å². The van der Waals surface area contributed by atoms with E-state index < -0.39 is 10.0 Å². The van der Waals surface area contributed by atoms with E-state index in [4.69, 9.17) is 16.1 Å². The fourth-order valence-corrected chi connectivity index (χ4v) is 3.99. The molecule has 9 heteroatoms. The highest BCUT2D eigenvalue weighted by Crippen LogP contribution is 2.23. The first-order chi connectivity index (χ1) is 12.4. The Morgan fingerprint density at radius 2 is 1.92 bits per heavy atom. The van der Waals surface area contributed by atoms with E-state index in [1.807, 2.05) is 6.26 Å². The third kappa shape index (κ3) is 4.09. The van der Waals surface area contributed by atoms with Crippen LogP contribution in [0.5, 0.6) is 0 Å². The Hall–Kier alpha value is -1.87. The fourth-order valence-electron chi connectivity index (χ4n) is 2.27. The van der Waals surface area contributed by atoms with Gasteiger partial charge in [0.05, 0.1) is 11.4 Å². The smallest absolute Gasteiger partial charge is 0.243 e. The number of sulfonamides is 1. The number of hydrogen-bond acceptors (Lipinski definition) is 6. The maximum Gasteiger partial charge on any atom is 0.243 e. The van der Waals surface area contributed by atoms with Gasteiger partial charge in [-0.15, -0.1) is 11.8 Å². The minimum atomic E-state index is -3.65. The molecule has 136 valence electrons. The summed E-state index contributed by atoms with van der Waals surface area (Å²) < 4.78 is 31.7. The topological polar surface area (TPSA) is 76.3 Å². The monoisotopic (exact) mass is 409 g/mol. The van der Waals surface area contributed by atoms with Crippen molar-refractivity contribution in [2.75, 3.05) is 13.3 Å². The van der Waals surface area contributed by atoms with E-state index in [2.05, 4.69) is 10.1 Å². The van der Waals surface area contributed by atoms with Crippen molar-refractivity contribution in [1.82, 2.24) is 14.4 Å². The van der Waals surface area contributed by atoms with Crippen molar-refractivity contribution in [3.63, 3.8) is 0 Å². The third-order valence-corrected chi connectivity index (χ3v) is 6.47. The molecule has 0 bridgehead atoms. The van der Waals surface area contributed by atoms with Crippen molar-refractivity contribution >= 4 is 33.4 Å². The van der Waals surface area contributed by atoms with Crippen molar-refractivity contribution in [2.45, 2.75) is 16.3 Å². The zero-order valence-corrected chi connectivity index (χ0v) is 16.5. The van der Waals surface area contributed by atoms with Gasteiger partial charge in [-0.2, -0.15) is 9.29 Å². The van der Waals surface area contributed by atoms with E-state index in [0.29, 0.717) is 16.4 Å². The second kappa shape index (κ2) is 7.79. The average Bonchev–Trinajstić information content (AvgIpc) is 3.10. The van der Waals surface area contributed by atoms with Gasteiger partial charge in [0.15, 0.2) is 0 Å². The predicted octanol–water partition coefficient (Wildman–Crippen LogP) is 3.93. The maximum atomic E-state index is 12.7. The van der Waals surface area contributed by atoms with Crippen LogP contribution in [0, 0.1) is 0 Å². The summed E-state index contributed by atoms with van der Waals surface area (Å²) in [6.45, 7) is -0.0276. The van der Waals surface area contributed by atoms with E-state index in [1.54, 1.807) is 60.3 Å². The number of aromatic nitrogens is 2. The van der Waals surface area contributed by atoms with Crippen LogP contribution < -0.4 is 0 Å². The molecule has 0 fully saturated rings. The van der Waals surface area contributed by atoms with Gasteiger partial charge in [-0.1, -0.05) is 28.9 Å². The molecule has 26 heavy (non-hydrogen) atoms. The first-order valence-corrected chi connectivity index (χ1v) is 10.6. The quantitative estimate of drug-likeness (QED) is 0.574. The molecule has 3 aromatic rings. The predicted molar refractivity (Wildman–Crippen MR) is 102 cm³/mol. The van der Waals surface area contributed by atoms with E-state index in [1.165, 1.54) is 11.4 Å². The Labute approximate surface area is 161 Å². The molecule has 0 aliphatic rings. The molecular formula is C17H16ClN3O3S2. The van der Waals surface area contributed by atoms with Crippen molar-refractivity contribution < 1.29 is 12.9 Å². The second-order valence-electron chi connectivity index (χ2n) is 5.46. The third-order valence-electron chi connectivity index (χ3n) is 3.68. The summed E-state index contributed by atoms with van der Waals surface area (Å²) in [5, 5.41) is 4.45. The number of benzene rings is 2. The van der Waals surface area contributed by atoms with E-state index in [0.717, 1.165) is 4.90 Å². The summed E-state index contributed by atoms with van der Waals surface area (Å²) in [4.78, 5) is 5.46. The summed E-state index contributed by atoms with van der Waals surface area (Å²) in [5.41, 5.74) is 0.700. The molecule has 3 rings (SSSR count). The van der Waals surface area contributed by atoms with Gasteiger partial charge >= 0.3 is 0 Å². The zero-order valence-electron chi connectivity index (χ0n) is 14.1. The van der Waals surface area contributed by atoms with Crippen molar-refractivity contribution in [3.8, 4) is 11.4 Å². The lowest BCUT2D eigenvalue weighted by molar-refractivity contribution is 0.337. The summed E-state index contributed by atoms with van der Waals surface area (Å²) in [6.07, 6.45) is 1.93. The van der Waals surface area contributed by atoms with Crippen LogP contribution in [0.15, 0.2) is 62.8 Å². The van der Waals surface area contributed by atoms with Crippen molar-refractivity contribution in [1.29, 1.82) is 0 Å². The number of nitrogens with zero attached hydrogens (tertiary/aromatic N) is 3. The van der Waals surface area contributed by atoms with Crippen LogP contribution in [-0.4, -0.2) is 36.2 Å². The molecular weight excluding hydrogens is 394 g/mol. The van der Waals surface area contributed by atoms with Crippen LogP contribution in [0.2, 0.25) is 5.02 Å². The normalized spacial score (nSPS) is 11.8. The average molecular weight is 410 g/mol. The zero-order chi connectivity index (χ0) is 18.7. The Balaban J connectivity index is 1.78. The summed E-state index contributed by atoms with van der Waals surface area (Å²) in [5.74, 6) is 0.560. The fraction of sp³-hybridized carbons (Fsp3) is 0.176. The van der Waals surface area contributed by atoms with Crippen LogP contribution in [0.4, 0.5) is 0 Å². The molecule has 0 saturated carbocycles. The second-order valence-corrected chi connectivity index (χ2v) is 8.82. The molecule has 1 heterocycles. The molecule has 0 radical (unpaired) electrons. The van der Waals surface area contributed by atoms with Crippen molar-refractivity contribution in [3.05, 3.63) is 59.4 Å². The molecule has 2 aromatic carbocycles. The van der Waals surface area contributed by atoms with Gasteiger partial charge < -0.3 is 4.52 Å². The highest BCUT2D eigenvalue weighted by atomic mass is 35.5. The molecule has 0 spiro atoms. The molecule has 0 amide bonds. The maximum absolute atomic E-state index is 12.7. The van der Waals surface area contributed by atoms with Crippen LogP contribution in [0.25, 0.3) is 11.4 Å². The Morgan fingerprint density at radius 3 is 2.58 bits per heavy atom.